The summed E-state index contributed by atoms with van der Waals surface area (Å²) < 4.78 is 39.6. The molecule has 2 N–H and O–H groups in total. The zero-order valence-corrected chi connectivity index (χ0v) is 12.5. The zero-order chi connectivity index (χ0) is 15.5. The molecule has 0 heterocycles. The first kappa shape index (κ1) is 16.8. The van der Waals surface area contributed by atoms with Crippen LogP contribution in [0.4, 0.5) is 18.9 Å². The van der Waals surface area contributed by atoms with Crippen molar-refractivity contribution in [3.05, 3.63) is 29.3 Å². The molecule has 20 heavy (non-hydrogen) atoms. The fraction of sp³-hybridized carbons (Fsp3) is 0.600. The van der Waals surface area contributed by atoms with Crippen molar-refractivity contribution in [2.75, 3.05) is 11.9 Å². The molecule has 0 aromatic heterocycles. The molecule has 0 aliphatic heterocycles. The minimum Gasteiger partial charge on any atom is -0.372 e. The summed E-state index contributed by atoms with van der Waals surface area (Å²) in [5.41, 5.74) is 6.05. The summed E-state index contributed by atoms with van der Waals surface area (Å²) in [6.45, 7) is 5.75. The van der Waals surface area contributed by atoms with Crippen molar-refractivity contribution in [1.29, 1.82) is 0 Å². The van der Waals surface area contributed by atoms with Crippen molar-refractivity contribution in [2.24, 2.45) is 5.73 Å². The Morgan fingerprint density at radius 1 is 1.25 bits per heavy atom. The van der Waals surface area contributed by atoms with Gasteiger partial charge >= 0.3 is 6.18 Å². The number of hydrogen-bond donors (Lipinski definition) is 1. The van der Waals surface area contributed by atoms with E-state index in [0.29, 0.717) is 12.1 Å². The van der Waals surface area contributed by atoms with E-state index in [2.05, 4.69) is 0 Å². The van der Waals surface area contributed by atoms with Crippen LogP contribution >= 0.6 is 0 Å². The van der Waals surface area contributed by atoms with Crippen molar-refractivity contribution in [1.82, 2.24) is 0 Å². The molecule has 1 unspecified atom stereocenters. The highest BCUT2D eigenvalue weighted by Gasteiger charge is 2.34. The van der Waals surface area contributed by atoms with Gasteiger partial charge in [-0.15, -0.1) is 0 Å². The van der Waals surface area contributed by atoms with Crippen molar-refractivity contribution < 1.29 is 13.2 Å². The Morgan fingerprint density at radius 3 is 2.30 bits per heavy atom. The molecule has 2 nitrogen and oxygen atoms in total. The van der Waals surface area contributed by atoms with Crippen LogP contribution in [-0.4, -0.2) is 19.1 Å². The number of anilines is 1. The molecule has 0 aliphatic rings. The average Bonchev–Trinajstić information content (AvgIpc) is 2.36. The standard InChI is InChI=1S/C15H23F3N2/c1-5-12(19)8-11-6-7-13(20(4)10(2)3)9-14(11)15(16,17)18/h6-7,9-10,12H,5,8,19H2,1-4H3. The maximum atomic E-state index is 13.2. The van der Waals surface area contributed by atoms with Crippen molar-refractivity contribution in [3.8, 4) is 0 Å². The number of nitrogens with two attached hydrogens (primary N) is 1. The molecule has 0 bridgehead atoms. The maximum Gasteiger partial charge on any atom is 0.416 e. The van der Waals surface area contributed by atoms with E-state index in [1.165, 1.54) is 6.07 Å². The molecule has 5 heteroatoms. The Morgan fingerprint density at radius 2 is 1.85 bits per heavy atom. The average molecular weight is 288 g/mol. The van der Waals surface area contributed by atoms with E-state index in [-0.39, 0.29) is 24.1 Å². The highest BCUT2D eigenvalue weighted by molar-refractivity contribution is 5.52. The number of alkyl halides is 3. The molecular weight excluding hydrogens is 265 g/mol. The van der Waals surface area contributed by atoms with Gasteiger partial charge in [0.2, 0.25) is 0 Å². The molecule has 1 aromatic rings. The number of halogens is 3. The largest absolute Gasteiger partial charge is 0.416 e. The van der Waals surface area contributed by atoms with E-state index in [0.717, 1.165) is 0 Å². The van der Waals surface area contributed by atoms with Gasteiger partial charge in [0.25, 0.3) is 0 Å². The highest BCUT2D eigenvalue weighted by atomic mass is 19.4. The zero-order valence-electron chi connectivity index (χ0n) is 12.5. The number of hydrogen-bond acceptors (Lipinski definition) is 2. The predicted molar refractivity (Wildman–Crippen MR) is 77.0 cm³/mol. The summed E-state index contributed by atoms with van der Waals surface area (Å²) in [5.74, 6) is 0. The smallest absolute Gasteiger partial charge is 0.372 e. The van der Waals surface area contributed by atoms with Crippen LogP contribution in [0.25, 0.3) is 0 Å². The van der Waals surface area contributed by atoms with E-state index in [9.17, 15) is 13.2 Å². The number of nitrogens with zero attached hydrogens (tertiary/aromatic N) is 1. The molecule has 0 fully saturated rings. The van der Waals surface area contributed by atoms with Crippen LogP contribution in [0.15, 0.2) is 18.2 Å². The number of benzene rings is 1. The van der Waals surface area contributed by atoms with Crippen LogP contribution in [0.3, 0.4) is 0 Å². The van der Waals surface area contributed by atoms with Gasteiger partial charge < -0.3 is 10.6 Å². The first-order chi connectivity index (χ1) is 9.16. The quantitative estimate of drug-likeness (QED) is 0.892. The third-order valence-electron chi connectivity index (χ3n) is 3.59. The van der Waals surface area contributed by atoms with Gasteiger partial charge in [-0.1, -0.05) is 13.0 Å². The lowest BCUT2D eigenvalue weighted by atomic mass is 9.98. The van der Waals surface area contributed by atoms with Crippen LogP contribution < -0.4 is 10.6 Å². The minimum atomic E-state index is -4.35. The van der Waals surface area contributed by atoms with Crippen molar-refractivity contribution in [3.63, 3.8) is 0 Å². The van der Waals surface area contributed by atoms with Gasteiger partial charge in [-0.3, -0.25) is 0 Å². The van der Waals surface area contributed by atoms with Crippen LogP contribution in [0.2, 0.25) is 0 Å². The topological polar surface area (TPSA) is 29.3 Å². The first-order valence-corrected chi connectivity index (χ1v) is 6.85. The second-order valence-electron chi connectivity index (χ2n) is 5.42. The summed E-state index contributed by atoms with van der Waals surface area (Å²) in [6, 6.07) is 4.39. The Hall–Kier alpha value is -1.23. The Kier molecular flexibility index (Phi) is 5.45. The maximum absolute atomic E-state index is 13.2. The van der Waals surface area contributed by atoms with E-state index in [1.54, 1.807) is 19.2 Å². The molecule has 1 atom stereocenters. The van der Waals surface area contributed by atoms with E-state index in [1.807, 2.05) is 25.7 Å². The van der Waals surface area contributed by atoms with Crippen molar-refractivity contribution in [2.45, 2.75) is 51.9 Å². The van der Waals surface area contributed by atoms with Gasteiger partial charge in [0, 0.05) is 24.8 Å². The monoisotopic (exact) mass is 288 g/mol. The third kappa shape index (κ3) is 4.13. The second kappa shape index (κ2) is 6.48. The van der Waals surface area contributed by atoms with Gasteiger partial charge in [-0.2, -0.15) is 13.2 Å². The van der Waals surface area contributed by atoms with Gasteiger partial charge in [0.1, 0.15) is 0 Å². The van der Waals surface area contributed by atoms with Crippen LogP contribution in [-0.2, 0) is 12.6 Å². The van der Waals surface area contributed by atoms with Crippen LogP contribution in [0.5, 0.6) is 0 Å². The molecule has 0 saturated heterocycles. The molecule has 1 aromatic carbocycles. The Balaban J connectivity index is 3.20. The first-order valence-electron chi connectivity index (χ1n) is 6.85. The van der Waals surface area contributed by atoms with Crippen molar-refractivity contribution >= 4 is 5.69 Å². The molecule has 0 aliphatic carbocycles. The van der Waals surface area contributed by atoms with Crippen LogP contribution in [0.1, 0.15) is 38.3 Å². The predicted octanol–water partition coefficient (Wildman–Crippen LogP) is 3.83. The lowest BCUT2D eigenvalue weighted by molar-refractivity contribution is -0.138. The van der Waals surface area contributed by atoms with Gasteiger partial charge in [-0.25, -0.2) is 0 Å². The third-order valence-corrected chi connectivity index (χ3v) is 3.59. The minimum absolute atomic E-state index is 0.139. The molecule has 0 radical (unpaired) electrons. The van der Waals surface area contributed by atoms with E-state index >= 15 is 0 Å². The van der Waals surface area contributed by atoms with E-state index in [4.69, 9.17) is 5.73 Å². The van der Waals surface area contributed by atoms with Crippen LogP contribution in [0, 0.1) is 0 Å². The van der Waals surface area contributed by atoms with Gasteiger partial charge in [-0.05, 0) is 44.4 Å². The normalized spacial score (nSPS) is 13.7. The summed E-state index contributed by atoms with van der Waals surface area (Å²) >= 11 is 0. The second-order valence-corrected chi connectivity index (χ2v) is 5.42. The summed E-state index contributed by atoms with van der Waals surface area (Å²) in [6.07, 6.45) is -3.45. The lowest BCUT2D eigenvalue weighted by Gasteiger charge is -2.26. The fourth-order valence-corrected chi connectivity index (χ4v) is 1.95. The molecule has 0 spiro atoms. The number of rotatable bonds is 5. The highest BCUT2D eigenvalue weighted by Crippen LogP contribution is 2.35. The molecule has 1 rings (SSSR count). The summed E-state index contributed by atoms with van der Waals surface area (Å²) in [4.78, 5) is 1.82. The summed E-state index contributed by atoms with van der Waals surface area (Å²) in [5, 5.41) is 0. The Bertz CT molecular complexity index is 441. The molecule has 0 amide bonds. The Labute approximate surface area is 118 Å². The van der Waals surface area contributed by atoms with E-state index < -0.39 is 11.7 Å². The fourth-order valence-electron chi connectivity index (χ4n) is 1.95. The molecular formula is C15H23F3N2. The molecule has 0 saturated carbocycles. The molecule has 114 valence electrons. The van der Waals surface area contributed by atoms with Gasteiger partial charge in [0.15, 0.2) is 0 Å². The van der Waals surface area contributed by atoms with Gasteiger partial charge in [0.05, 0.1) is 5.56 Å². The lowest BCUT2D eigenvalue weighted by Crippen LogP contribution is -2.27. The SMILES string of the molecule is CCC(N)Cc1ccc(N(C)C(C)C)cc1C(F)(F)F. The summed E-state index contributed by atoms with van der Waals surface area (Å²) in [7, 11) is 1.79.